The molecule has 0 amide bonds. The van der Waals surface area contributed by atoms with E-state index in [1.54, 1.807) is 0 Å². The Balaban J connectivity index is 3.04. The molecule has 0 bridgehead atoms. The Bertz CT molecular complexity index is 92.7. The Hall–Kier alpha value is -0.230. The molecule has 0 saturated carbocycles. The molecule has 1 heteroatoms. The topological polar surface area (TPSA) is 0 Å². The molecule has 52 valence electrons. The van der Waals surface area contributed by atoms with Gasteiger partial charge in [-0.15, -0.1) is 11.6 Å². The predicted octanol–water partition coefficient (Wildman–Crippen LogP) is 3.14. The fourth-order valence-corrected chi connectivity index (χ4v) is 0.635. The number of rotatable bonds is 4. The number of alkyl halides is 1. The van der Waals surface area contributed by atoms with Gasteiger partial charge in [0.05, 0.1) is 0 Å². The van der Waals surface area contributed by atoms with Crippen LogP contribution in [0.3, 0.4) is 0 Å². The molecule has 0 aromatic rings. The third kappa shape index (κ3) is 7.77. The van der Waals surface area contributed by atoms with Gasteiger partial charge in [0.15, 0.2) is 0 Å². The Kier molecular flexibility index (Phi) is 7.57. The molecule has 0 unspecified atom stereocenters. The van der Waals surface area contributed by atoms with Crippen molar-refractivity contribution < 1.29 is 0 Å². The molecule has 0 radical (unpaired) electrons. The van der Waals surface area contributed by atoms with E-state index in [0.717, 1.165) is 18.7 Å². The molecular formula is C8H13Cl. The molecule has 0 nitrogen and oxygen atoms in total. The molecule has 0 aromatic heterocycles. The van der Waals surface area contributed by atoms with E-state index in [0.29, 0.717) is 0 Å². The van der Waals surface area contributed by atoms with E-state index in [1.165, 1.54) is 0 Å². The minimum Gasteiger partial charge on any atom is -0.127 e. The van der Waals surface area contributed by atoms with Gasteiger partial charge in [-0.2, -0.15) is 0 Å². The van der Waals surface area contributed by atoms with Gasteiger partial charge in [-0.25, -0.2) is 0 Å². The van der Waals surface area contributed by atoms with Crippen molar-refractivity contribution in [1.82, 2.24) is 0 Å². The molecule has 0 spiro atoms. The Morgan fingerprint density at radius 2 is 2.11 bits per heavy atom. The highest BCUT2D eigenvalue weighted by atomic mass is 35.5. The van der Waals surface area contributed by atoms with Crippen LogP contribution in [0.2, 0.25) is 0 Å². The summed E-state index contributed by atoms with van der Waals surface area (Å²) >= 11 is 5.46. The summed E-state index contributed by atoms with van der Waals surface area (Å²) in [5, 5.41) is 0. The fourth-order valence-electron chi connectivity index (χ4n) is 0.481. The molecule has 0 saturated heterocycles. The van der Waals surface area contributed by atoms with Crippen LogP contribution < -0.4 is 0 Å². The number of hydrogen-bond acceptors (Lipinski definition) is 0. The van der Waals surface area contributed by atoms with Crippen molar-refractivity contribution in [3.05, 3.63) is 24.3 Å². The van der Waals surface area contributed by atoms with Gasteiger partial charge >= 0.3 is 0 Å². The van der Waals surface area contributed by atoms with Crippen molar-refractivity contribution in [2.75, 3.05) is 5.88 Å². The van der Waals surface area contributed by atoms with Gasteiger partial charge in [-0.1, -0.05) is 24.3 Å². The monoisotopic (exact) mass is 144 g/mol. The molecule has 0 heterocycles. The third-order valence-corrected chi connectivity index (χ3v) is 1.21. The molecule has 0 aliphatic heterocycles. The van der Waals surface area contributed by atoms with Crippen LogP contribution in [0.4, 0.5) is 0 Å². The Labute approximate surface area is 62.2 Å². The summed E-state index contributed by atoms with van der Waals surface area (Å²) in [6.07, 6.45) is 10.4. The van der Waals surface area contributed by atoms with E-state index in [4.69, 9.17) is 11.6 Å². The average molecular weight is 145 g/mol. The summed E-state index contributed by atoms with van der Waals surface area (Å²) in [7, 11) is 0. The number of halogens is 1. The minimum absolute atomic E-state index is 0.764. The zero-order valence-electron chi connectivity index (χ0n) is 5.81. The van der Waals surface area contributed by atoms with Crippen LogP contribution >= 0.6 is 11.6 Å². The number of allylic oxidation sites excluding steroid dienone is 4. The van der Waals surface area contributed by atoms with Crippen LogP contribution in [0.1, 0.15) is 19.8 Å². The molecular weight excluding hydrogens is 132 g/mol. The van der Waals surface area contributed by atoms with Gasteiger partial charge in [0.1, 0.15) is 0 Å². The van der Waals surface area contributed by atoms with Gasteiger partial charge in [0.25, 0.3) is 0 Å². The lowest BCUT2D eigenvalue weighted by Gasteiger charge is -1.83. The first kappa shape index (κ1) is 8.77. The summed E-state index contributed by atoms with van der Waals surface area (Å²) < 4.78 is 0. The summed E-state index contributed by atoms with van der Waals surface area (Å²) in [5.41, 5.74) is 0. The van der Waals surface area contributed by atoms with E-state index < -0.39 is 0 Å². The second-order valence-corrected chi connectivity index (χ2v) is 2.16. The van der Waals surface area contributed by atoms with Crippen molar-refractivity contribution in [1.29, 1.82) is 0 Å². The van der Waals surface area contributed by atoms with E-state index >= 15 is 0 Å². The van der Waals surface area contributed by atoms with E-state index in [-0.39, 0.29) is 0 Å². The lowest BCUT2D eigenvalue weighted by atomic mass is 10.3. The van der Waals surface area contributed by atoms with E-state index in [2.05, 4.69) is 6.08 Å². The molecule has 0 rings (SSSR count). The molecule has 9 heavy (non-hydrogen) atoms. The first-order valence-corrected chi connectivity index (χ1v) is 3.79. The number of hydrogen-bond donors (Lipinski definition) is 0. The van der Waals surface area contributed by atoms with Crippen molar-refractivity contribution >= 4 is 11.6 Å². The van der Waals surface area contributed by atoms with Crippen LogP contribution in [-0.4, -0.2) is 5.88 Å². The highest BCUT2D eigenvalue weighted by molar-refractivity contribution is 6.17. The highest BCUT2D eigenvalue weighted by Gasteiger charge is 1.75. The van der Waals surface area contributed by atoms with Crippen molar-refractivity contribution in [3.8, 4) is 0 Å². The summed E-state index contributed by atoms with van der Waals surface area (Å²) in [6.45, 7) is 2.01. The van der Waals surface area contributed by atoms with Crippen molar-refractivity contribution in [2.45, 2.75) is 19.8 Å². The molecule has 0 aromatic carbocycles. The van der Waals surface area contributed by atoms with Gasteiger partial charge < -0.3 is 0 Å². The lowest BCUT2D eigenvalue weighted by molar-refractivity contribution is 0.966. The second kappa shape index (κ2) is 7.77. The Morgan fingerprint density at radius 3 is 2.67 bits per heavy atom. The third-order valence-electron chi connectivity index (χ3n) is 0.944. The predicted molar refractivity (Wildman–Crippen MR) is 43.9 cm³/mol. The van der Waals surface area contributed by atoms with Crippen LogP contribution in [0.15, 0.2) is 24.3 Å². The molecule has 0 N–H and O–H groups in total. The standard InChI is InChI=1S/C8H13Cl/c1-2-3-4-5-6-7-8-9/h2-5H,6-8H2,1H3/b3-2+,5-4+. The van der Waals surface area contributed by atoms with Gasteiger partial charge in [-0.05, 0) is 19.8 Å². The second-order valence-electron chi connectivity index (χ2n) is 1.79. The molecule has 0 aliphatic carbocycles. The zero-order chi connectivity index (χ0) is 6.95. The fraction of sp³-hybridized carbons (Fsp3) is 0.500. The largest absolute Gasteiger partial charge is 0.127 e. The van der Waals surface area contributed by atoms with Crippen LogP contribution in [0.25, 0.3) is 0 Å². The zero-order valence-corrected chi connectivity index (χ0v) is 6.56. The van der Waals surface area contributed by atoms with E-state index in [9.17, 15) is 0 Å². The van der Waals surface area contributed by atoms with Crippen molar-refractivity contribution in [2.24, 2.45) is 0 Å². The SMILES string of the molecule is C/C=C/C=C/CCCCl. The van der Waals surface area contributed by atoms with Crippen LogP contribution in [0.5, 0.6) is 0 Å². The Morgan fingerprint density at radius 1 is 1.33 bits per heavy atom. The highest BCUT2D eigenvalue weighted by Crippen LogP contribution is 1.92. The quantitative estimate of drug-likeness (QED) is 0.323. The summed E-state index contributed by atoms with van der Waals surface area (Å²) in [4.78, 5) is 0. The maximum Gasteiger partial charge on any atom is 0.0226 e. The van der Waals surface area contributed by atoms with Crippen LogP contribution in [0, 0.1) is 0 Å². The van der Waals surface area contributed by atoms with Crippen LogP contribution in [-0.2, 0) is 0 Å². The van der Waals surface area contributed by atoms with Gasteiger partial charge in [0.2, 0.25) is 0 Å². The molecule has 0 atom stereocenters. The first-order chi connectivity index (χ1) is 4.41. The van der Waals surface area contributed by atoms with E-state index in [1.807, 2.05) is 25.2 Å². The average Bonchev–Trinajstić information content (AvgIpc) is 1.89. The summed E-state index contributed by atoms with van der Waals surface area (Å²) in [6, 6.07) is 0. The van der Waals surface area contributed by atoms with Gasteiger partial charge in [-0.3, -0.25) is 0 Å². The normalized spacial score (nSPS) is 11.8. The summed E-state index contributed by atoms with van der Waals surface area (Å²) in [5.74, 6) is 0.764. The maximum absolute atomic E-state index is 5.46. The molecule has 0 fully saturated rings. The first-order valence-electron chi connectivity index (χ1n) is 3.25. The minimum atomic E-state index is 0.764. The maximum atomic E-state index is 5.46. The molecule has 0 aliphatic rings. The smallest absolute Gasteiger partial charge is 0.0226 e. The lowest BCUT2D eigenvalue weighted by Crippen LogP contribution is -1.69. The van der Waals surface area contributed by atoms with Gasteiger partial charge in [0, 0.05) is 5.88 Å². The number of unbranched alkanes of at least 4 members (excludes halogenated alkanes) is 1. The van der Waals surface area contributed by atoms with Crippen molar-refractivity contribution in [3.63, 3.8) is 0 Å².